The summed E-state index contributed by atoms with van der Waals surface area (Å²) < 4.78 is 37.3. The van der Waals surface area contributed by atoms with Crippen molar-refractivity contribution in [3.05, 3.63) is 29.8 Å². The molecule has 2 heterocycles. The van der Waals surface area contributed by atoms with Gasteiger partial charge in [-0.3, -0.25) is 0 Å². The predicted molar refractivity (Wildman–Crippen MR) is 76.6 cm³/mol. The van der Waals surface area contributed by atoms with E-state index in [0.29, 0.717) is 0 Å². The SMILES string of the molecule is Cc1ccc(S(=O)(=O)[C@@]23O[C@@H]2[C@@H](CO)O[C@H]3C(C)C)cc1. The zero-order valence-electron chi connectivity index (χ0n) is 12.3. The van der Waals surface area contributed by atoms with Crippen molar-refractivity contribution < 1.29 is 23.0 Å². The van der Waals surface area contributed by atoms with Gasteiger partial charge >= 0.3 is 0 Å². The van der Waals surface area contributed by atoms with Gasteiger partial charge in [0.15, 0.2) is 0 Å². The maximum atomic E-state index is 13.0. The molecular formula is C15H20O5S. The molecule has 5 nitrogen and oxygen atoms in total. The van der Waals surface area contributed by atoms with Crippen LogP contribution >= 0.6 is 0 Å². The molecule has 0 bridgehead atoms. The third kappa shape index (κ3) is 1.97. The molecule has 0 radical (unpaired) electrons. The number of hydrogen-bond donors (Lipinski definition) is 1. The van der Waals surface area contributed by atoms with Crippen LogP contribution in [0.25, 0.3) is 0 Å². The van der Waals surface area contributed by atoms with Gasteiger partial charge in [0.1, 0.15) is 18.3 Å². The van der Waals surface area contributed by atoms with Crippen LogP contribution in [0.4, 0.5) is 0 Å². The fourth-order valence-corrected chi connectivity index (χ4v) is 5.30. The standard InChI is InChI=1S/C15H20O5S/c1-9(2)13-15(14(20-15)12(8-16)19-13)21(17,18)11-6-4-10(3)5-7-11/h4-7,9,12-14,16H,8H2,1-3H3/t12-,13+,14-,15-/m1/s1. The van der Waals surface area contributed by atoms with E-state index in [1.165, 1.54) is 0 Å². The number of fused-ring (bicyclic) bond motifs is 1. The van der Waals surface area contributed by atoms with Crippen LogP contribution in [-0.2, 0) is 19.3 Å². The molecule has 2 aliphatic rings. The molecule has 0 unspecified atom stereocenters. The molecule has 2 saturated heterocycles. The van der Waals surface area contributed by atoms with Crippen molar-refractivity contribution in [3.8, 4) is 0 Å². The van der Waals surface area contributed by atoms with Crippen LogP contribution < -0.4 is 0 Å². The van der Waals surface area contributed by atoms with Crippen LogP contribution in [0.5, 0.6) is 0 Å². The summed E-state index contributed by atoms with van der Waals surface area (Å²) in [6.45, 7) is 5.46. The fourth-order valence-electron chi connectivity index (χ4n) is 3.11. The molecule has 2 aliphatic heterocycles. The van der Waals surface area contributed by atoms with Crippen LogP contribution in [0.2, 0.25) is 0 Å². The van der Waals surface area contributed by atoms with Gasteiger partial charge in [0.05, 0.1) is 11.5 Å². The quantitative estimate of drug-likeness (QED) is 0.848. The number of aliphatic hydroxyl groups is 1. The van der Waals surface area contributed by atoms with E-state index in [1.807, 2.05) is 20.8 Å². The molecule has 3 rings (SSSR count). The first kappa shape index (κ1) is 15.0. The number of rotatable bonds is 4. The normalized spacial score (nSPS) is 35.0. The highest BCUT2D eigenvalue weighted by atomic mass is 32.2. The molecule has 21 heavy (non-hydrogen) atoms. The summed E-state index contributed by atoms with van der Waals surface area (Å²) in [6, 6.07) is 6.74. The highest BCUT2D eigenvalue weighted by Crippen LogP contribution is 2.57. The Labute approximate surface area is 124 Å². The minimum absolute atomic E-state index is 0.0215. The smallest absolute Gasteiger partial charge is 0.229 e. The third-order valence-corrected chi connectivity index (χ3v) is 6.54. The Morgan fingerprint density at radius 2 is 1.90 bits per heavy atom. The molecule has 6 heteroatoms. The molecule has 1 aromatic carbocycles. The minimum Gasteiger partial charge on any atom is -0.394 e. The molecule has 0 spiro atoms. The van der Waals surface area contributed by atoms with Crippen molar-refractivity contribution in [2.75, 3.05) is 6.61 Å². The first-order valence-corrected chi connectivity index (χ1v) is 8.58. The average Bonchev–Trinajstić information content (AvgIpc) is 3.10. The van der Waals surface area contributed by atoms with E-state index in [4.69, 9.17) is 9.47 Å². The van der Waals surface area contributed by atoms with E-state index < -0.39 is 33.1 Å². The Bertz CT molecular complexity index is 637. The maximum absolute atomic E-state index is 13.0. The van der Waals surface area contributed by atoms with E-state index in [-0.39, 0.29) is 17.4 Å². The lowest BCUT2D eigenvalue weighted by Crippen LogP contribution is -2.40. The minimum atomic E-state index is -3.68. The van der Waals surface area contributed by atoms with Crippen LogP contribution in [0, 0.1) is 12.8 Å². The number of sulfone groups is 1. The van der Waals surface area contributed by atoms with Crippen molar-refractivity contribution in [2.45, 2.75) is 48.9 Å². The Morgan fingerprint density at radius 3 is 2.43 bits per heavy atom. The fraction of sp³-hybridized carbons (Fsp3) is 0.600. The Hall–Kier alpha value is -0.950. The second kappa shape index (κ2) is 4.78. The molecular weight excluding hydrogens is 292 g/mol. The van der Waals surface area contributed by atoms with Gasteiger partial charge in [-0.1, -0.05) is 31.5 Å². The van der Waals surface area contributed by atoms with Crippen molar-refractivity contribution in [3.63, 3.8) is 0 Å². The van der Waals surface area contributed by atoms with Gasteiger partial charge in [-0.05, 0) is 25.0 Å². The van der Waals surface area contributed by atoms with Crippen LogP contribution in [-0.4, -0.2) is 43.4 Å². The highest BCUT2D eigenvalue weighted by molar-refractivity contribution is 7.93. The van der Waals surface area contributed by atoms with Gasteiger partial charge in [-0.2, -0.15) is 0 Å². The number of benzene rings is 1. The predicted octanol–water partition coefficient (Wildman–Crippen LogP) is 1.28. The number of ether oxygens (including phenoxy) is 2. The first-order valence-electron chi connectivity index (χ1n) is 7.10. The van der Waals surface area contributed by atoms with Gasteiger partial charge < -0.3 is 14.6 Å². The lowest BCUT2D eigenvalue weighted by molar-refractivity contribution is -0.0743. The van der Waals surface area contributed by atoms with E-state index >= 15 is 0 Å². The Balaban J connectivity index is 2.04. The summed E-state index contributed by atoms with van der Waals surface area (Å²) in [7, 11) is -3.68. The number of aliphatic hydroxyl groups excluding tert-OH is 1. The molecule has 116 valence electrons. The van der Waals surface area contributed by atoms with Gasteiger partial charge in [0.2, 0.25) is 14.8 Å². The zero-order chi connectivity index (χ0) is 15.4. The second-order valence-electron chi connectivity index (χ2n) is 6.10. The largest absolute Gasteiger partial charge is 0.394 e. The number of epoxide rings is 1. The molecule has 0 amide bonds. The maximum Gasteiger partial charge on any atom is 0.229 e. The van der Waals surface area contributed by atoms with Crippen molar-refractivity contribution >= 4 is 9.84 Å². The second-order valence-corrected chi connectivity index (χ2v) is 8.21. The summed E-state index contributed by atoms with van der Waals surface area (Å²) >= 11 is 0. The summed E-state index contributed by atoms with van der Waals surface area (Å²) in [5.74, 6) is -0.0215. The van der Waals surface area contributed by atoms with Gasteiger partial charge in [0, 0.05) is 0 Å². The lowest BCUT2D eigenvalue weighted by atomic mass is 10.0. The first-order chi connectivity index (χ1) is 9.84. The number of hydrogen-bond acceptors (Lipinski definition) is 5. The van der Waals surface area contributed by atoms with Gasteiger partial charge in [-0.15, -0.1) is 0 Å². The summed E-state index contributed by atoms with van der Waals surface area (Å²) in [4.78, 5) is -1.10. The monoisotopic (exact) mass is 312 g/mol. The molecule has 2 fully saturated rings. The average molecular weight is 312 g/mol. The highest BCUT2D eigenvalue weighted by Gasteiger charge is 2.78. The van der Waals surface area contributed by atoms with E-state index in [1.54, 1.807) is 24.3 Å². The Morgan fingerprint density at radius 1 is 1.29 bits per heavy atom. The summed E-state index contributed by atoms with van der Waals surface area (Å²) in [5, 5.41) is 9.35. The van der Waals surface area contributed by atoms with Crippen LogP contribution in [0.1, 0.15) is 19.4 Å². The van der Waals surface area contributed by atoms with E-state index in [9.17, 15) is 13.5 Å². The molecule has 1 aromatic rings. The molecule has 0 saturated carbocycles. The lowest BCUT2D eigenvalue weighted by Gasteiger charge is -2.25. The Kier molecular flexibility index (Phi) is 3.40. The molecule has 1 N–H and O–H groups in total. The molecule has 0 aliphatic carbocycles. The molecule has 0 aromatic heterocycles. The van der Waals surface area contributed by atoms with Crippen molar-refractivity contribution in [1.29, 1.82) is 0 Å². The topological polar surface area (TPSA) is 76.1 Å². The van der Waals surface area contributed by atoms with E-state index in [2.05, 4.69) is 0 Å². The van der Waals surface area contributed by atoms with Crippen molar-refractivity contribution in [2.24, 2.45) is 5.92 Å². The van der Waals surface area contributed by atoms with E-state index in [0.717, 1.165) is 5.56 Å². The number of aryl methyl sites for hydroxylation is 1. The van der Waals surface area contributed by atoms with Crippen LogP contribution in [0.15, 0.2) is 29.2 Å². The van der Waals surface area contributed by atoms with Crippen LogP contribution in [0.3, 0.4) is 0 Å². The summed E-state index contributed by atoms with van der Waals surface area (Å²) in [5.41, 5.74) is 0.996. The van der Waals surface area contributed by atoms with Crippen molar-refractivity contribution in [1.82, 2.24) is 0 Å². The zero-order valence-corrected chi connectivity index (χ0v) is 13.1. The van der Waals surface area contributed by atoms with Gasteiger partial charge in [0.25, 0.3) is 0 Å². The summed E-state index contributed by atoms with van der Waals surface area (Å²) in [6.07, 6.45) is -1.72. The van der Waals surface area contributed by atoms with Gasteiger partial charge in [-0.25, -0.2) is 8.42 Å². The molecule has 4 atom stereocenters. The third-order valence-electron chi connectivity index (χ3n) is 4.24.